The van der Waals surface area contributed by atoms with Gasteiger partial charge in [-0.1, -0.05) is 44.2 Å². The van der Waals surface area contributed by atoms with Crippen LogP contribution in [0.2, 0.25) is 0 Å². The summed E-state index contributed by atoms with van der Waals surface area (Å²) in [5.41, 5.74) is 4.93. The van der Waals surface area contributed by atoms with Crippen LogP contribution in [0.3, 0.4) is 0 Å². The summed E-state index contributed by atoms with van der Waals surface area (Å²) in [7, 11) is 0. The molecule has 2 aromatic carbocycles. The minimum atomic E-state index is 0.280. The van der Waals surface area contributed by atoms with Crippen LogP contribution in [0, 0.1) is 6.57 Å². The van der Waals surface area contributed by atoms with E-state index in [0.29, 0.717) is 11.3 Å². The Labute approximate surface area is 140 Å². The molecule has 116 valence electrons. The van der Waals surface area contributed by atoms with Gasteiger partial charge in [-0.2, -0.15) is 0 Å². The smallest absolute Gasteiger partial charge is 0.232 e. The van der Waals surface area contributed by atoms with Crippen molar-refractivity contribution < 1.29 is 4.42 Å². The average molecular weight is 312 g/mol. The van der Waals surface area contributed by atoms with Crippen molar-refractivity contribution in [3.63, 3.8) is 0 Å². The second-order valence-corrected chi connectivity index (χ2v) is 6.15. The van der Waals surface area contributed by atoms with E-state index in [1.807, 2.05) is 42.5 Å². The SMILES string of the molecule is [C-]#[N+]c1c(C(C)C)ccc2c1oc1c(-c3ccccn3)cccc12. The fraction of sp³-hybridized carbons (Fsp3) is 0.143. The molecule has 0 unspecified atom stereocenters. The zero-order valence-electron chi connectivity index (χ0n) is 13.6. The lowest BCUT2D eigenvalue weighted by molar-refractivity contribution is 0.670. The van der Waals surface area contributed by atoms with Crippen molar-refractivity contribution in [2.45, 2.75) is 19.8 Å². The number of benzene rings is 2. The van der Waals surface area contributed by atoms with Gasteiger partial charge >= 0.3 is 0 Å². The average Bonchev–Trinajstić information content (AvgIpc) is 3.00. The first kappa shape index (κ1) is 14.5. The van der Waals surface area contributed by atoms with Crippen LogP contribution in [-0.2, 0) is 0 Å². The monoisotopic (exact) mass is 312 g/mol. The Bertz CT molecular complexity index is 1090. The van der Waals surface area contributed by atoms with E-state index in [-0.39, 0.29) is 5.92 Å². The van der Waals surface area contributed by atoms with Crippen molar-refractivity contribution in [1.29, 1.82) is 0 Å². The molecule has 3 heteroatoms. The molecular formula is C21H16N2O. The summed E-state index contributed by atoms with van der Waals surface area (Å²) in [6.07, 6.45) is 1.78. The molecule has 4 aromatic rings. The maximum Gasteiger partial charge on any atom is 0.232 e. The summed E-state index contributed by atoms with van der Waals surface area (Å²) in [4.78, 5) is 8.20. The maximum absolute atomic E-state index is 7.60. The molecule has 0 atom stereocenters. The minimum absolute atomic E-state index is 0.280. The lowest BCUT2D eigenvalue weighted by atomic mass is 9.98. The van der Waals surface area contributed by atoms with Crippen molar-refractivity contribution >= 4 is 27.6 Å². The van der Waals surface area contributed by atoms with Gasteiger partial charge in [0.2, 0.25) is 5.69 Å². The molecule has 0 spiro atoms. The van der Waals surface area contributed by atoms with E-state index in [2.05, 4.69) is 29.7 Å². The molecule has 0 N–H and O–H groups in total. The van der Waals surface area contributed by atoms with Crippen molar-refractivity contribution in [1.82, 2.24) is 4.98 Å². The number of pyridine rings is 1. The van der Waals surface area contributed by atoms with Crippen molar-refractivity contribution in [3.8, 4) is 11.3 Å². The first-order valence-electron chi connectivity index (χ1n) is 7.97. The molecule has 0 saturated carbocycles. The Balaban J connectivity index is 2.11. The largest absolute Gasteiger partial charge is 0.466 e. The standard InChI is InChI=1S/C21H16N2O/c1-13(2)14-10-11-16-15-7-6-8-17(18-9-4-5-12-23-18)20(15)24-21(16)19(14)22-3/h4-13H,1-2H3. The Morgan fingerprint density at radius 3 is 2.50 bits per heavy atom. The lowest BCUT2D eigenvalue weighted by Crippen LogP contribution is -1.86. The summed E-state index contributed by atoms with van der Waals surface area (Å²) < 4.78 is 6.20. The van der Waals surface area contributed by atoms with Crippen molar-refractivity contribution in [2.75, 3.05) is 0 Å². The van der Waals surface area contributed by atoms with Crippen LogP contribution in [0.4, 0.5) is 5.69 Å². The number of para-hydroxylation sites is 1. The van der Waals surface area contributed by atoms with Crippen LogP contribution >= 0.6 is 0 Å². The molecule has 0 aliphatic heterocycles. The zero-order valence-corrected chi connectivity index (χ0v) is 13.6. The summed E-state index contributed by atoms with van der Waals surface area (Å²) in [5.74, 6) is 0.280. The van der Waals surface area contributed by atoms with Gasteiger partial charge in [0.05, 0.1) is 12.3 Å². The Morgan fingerprint density at radius 1 is 0.958 bits per heavy atom. The third kappa shape index (κ3) is 2.08. The number of nitrogens with zero attached hydrogens (tertiary/aromatic N) is 2. The lowest BCUT2D eigenvalue weighted by Gasteiger charge is -2.07. The van der Waals surface area contributed by atoms with E-state index in [1.54, 1.807) is 6.20 Å². The first-order chi connectivity index (χ1) is 11.7. The second-order valence-electron chi connectivity index (χ2n) is 6.15. The molecule has 4 rings (SSSR count). The molecule has 0 bridgehead atoms. The molecule has 0 saturated heterocycles. The number of aromatic nitrogens is 1. The number of hydrogen-bond acceptors (Lipinski definition) is 2. The van der Waals surface area contributed by atoms with Crippen LogP contribution in [0.1, 0.15) is 25.3 Å². The molecule has 2 aromatic heterocycles. The molecule has 24 heavy (non-hydrogen) atoms. The van der Waals surface area contributed by atoms with Gasteiger partial charge in [0, 0.05) is 22.5 Å². The van der Waals surface area contributed by atoms with Gasteiger partial charge in [-0.05, 0) is 29.7 Å². The maximum atomic E-state index is 7.60. The third-order valence-electron chi connectivity index (χ3n) is 4.35. The van der Waals surface area contributed by atoms with Gasteiger partial charge in [0.25, 0.3) is 0 Å². The van der Waals surface area contributed by atoms with Crippen molar-refractivity contribution in [2.24, 2.45) is 0 Å². The van der Waals surface area contributed by atoms with Crippen LogP contribution in [0.25, 0.3) is 38.0 Å². The first-order valence-corrected chi connectivity index (χ1v) is 7.97. The summed E-state index contributed by atoms with van der Waals surface area (Å²) >= 11 is 0. The molecule has 0 aliphatic carbocycles. The molecular weight excluding hydrogens is 296 g/mol. The van der Waals surface area contributed by atoms with Crippen molar-refractivity contribution in [3.05, 3.63) is 71.7 Å². The van der Waals surface area contributed by atoms with E-state index in [0.717, 1.165) is 33.2 Å². The molecule has 3 nitrogen and oxygen atoms in total. The van der Waals surface area contributed by atoms with Gasteiger partial charge in [-0.25, -0.2) is 4.85 Å². The van der Waals surface area contributed by atoms with Crippen LogP contribution in [-0.4, -0.2) is 4.98 Å². The fourth-order valence-corrected chi connectivity index (χ4v) is 3.17. The Morgan fingerprint density at radius 2 is 1.79 bits per heavy atom. The number of rotatable bonds is 2. The van der Waals surface area contributed by atoms with Gasteiger partial charge < -0.3 is 4.42 Å². The van der Waals surface area contributed by atoms with E-state index in [9.17, 15) is 0 Å². The number of hydrogen-bond donors (Lipinski definition) is 0. The third-order valence-corrected chi connectivity index (χ3v) is 4.35. The van der Waals surface area contributed by atoms with E-state index < -0.39 is 0 Å². The summed E-state index contributed by atoms with van der Waals surface area (Å²) in [6, 6.07) is 16.0. The normalized spacial score (nSPS) is 11.2. The summed E-state index contributed by atoms with van der Waals surface area (Å²) in [5, 5.41) is 2.01. The Kier molecular flexibility index (Phi) is 3.32. The van der Waals surface area contributed by atoms with Crippen LogP contribution < -0.4 is 0 Å². The van der Waals surface area contributed by atoms with Crippen LogP contribution in [0.15, 0.2) is 59.1 Å². The predicted octanol–water partition coefficient (Wildman–Crippen LogP) is 6.32. The van der Waals surface area contributed by atoms with Gasteiger partial charge in [-0.15, -0.1) is 0 Å². The van der Waals surface area contributed by atoms with Gasteiger partial charge in [-0.3, -0.25) is 4.98 Å². The van der Waals surface area contributed by atoms with Gasteiger partial charge in [0.15, 0.2) is 0 Å². The molecule has 0 amide bonds. The molecule has 2 heterocycles. The predicted molar refractivity (Wildman–Crippen MR) is 97.3 cm³/mol. The molecule has 0 radical (unpaired) electrons. The minimum Gasteiger partial charge on any atom is -0.466 e. The highest BCUT2D eigenvalue weighted by Gasteiger charge is 2.18. The Hall–Kier alpha value is -3.12. The topological polar surface area (TPSA) is 30.4 Å². The summed E-state index contributed by atoms with van der Waals surface area (Å²) in [6.45, 7) is 11.8. The molecule has 0 fully saturated rings. The quantitative estimate of drug-likeness (QED) is 0.405. The van der Waals surface area contributed by atoms with E-state index in [4.69, 9.17) is 11.0 Å². The second kappa shape index (κ2) is 5.50. The number of fused-ring (bicyclic) bond motifs is 3. The highest BCUT2D eigenvalue weighted by Crippen LogP contribution is 2.42. The van der Waals surface area contributed by atoms with E-state index in [1.165, 1.54) is 0 Å². The number of furan rings is 1. The highest BCUT2D eigenvalue weighted by molar-refractivity contribution is 6.12. The highest BCUT2D eigenvalue weighted by atomic mass is 16.3. The van der Waals surface area contributed by atoms with Gasteiger partial charge in [0.1, 0.15) is 11.2 Å². The fourth-order valence-electron chi connectivity index (χ4n) is 3.17. The zero-order chi connectivity index (χ0) is 16.7. The molecule has 0 aliphatic rings. The van der Waals surface area contributed by atoms with Crippen LogP contribution in [0.5, 0.6) is 0 Å². The van der Waals surface area contributed by atoms with E-state index >= 15 is 0 Å².